The molecule has 0 aromatic heterocycles. The van der Waals surface area contributed by atoms with Gasteiger partial charge in [-0.2, -0.15) is 0 Å². The maximum Gasteiger partial charge on any atom is 0.272 e. The van der Waals surface area contributed by atoms with E-state index in [1.807, 2.05) is 12.1 Å². The lowest BCUT2D eigenvalue weighted by molar-refractivity contribution is -0.385. The van der Waals surface area contributed by atoms with E-state index in [9.17, 15) is 10.1 Å². The van der Waals surface area contributed by atoms with Gasteiger partial charge in [-0.25, -0.2) is 0 Å². The van der Waals surface area contributed by atoms with Crippen molar-refractivity contribution in [1.29, 1.82) is 0 Å². The summed E-state index contributed by atoms with van der Waals surface area (Å²) in [5, 5.41) is 11.1. The molecule has 3 rings (SSSR count). The predicted octanol–water partition coefficient (Wildman–Crippen LogP) is 4.84. The number of hydrogen-bond acceptors (Lipinski definition) is 2. The number of aryl methyl sites for hydroxylation is 1. The molecular weight excluding hydrogens is 330 g/mol. The van der Waals surface area contributed by atoms with Crippen molar-refractivity contribution in [2.24, 2.45) is 5.92 Å². The molecule has 21 heavy (non-hydrogen) atoms. The van der Waals surface area contributed by atoms with Gasteiger partial charge in [0.05, 0.1) is 4.92 Å². The Morgan fingerprint density at radius 1 is 1.14 bits per heavy atom. The van der Waals surface area contributed by atoms with Crippen LogP contribution in [-0.4, -0.2) is 4.92 Å². The molecule has 2 unspecified atom stereocenters. The van der Waals surface area contributed by atoms with Crippen LogP contribution in [0.2, 0.25) is 0 Å². The third-order valence-electron chi connectivity index (χ3n) is 4.22. The number of nitrogens with zero attached hydrogens (tertiary/aromatic N) is 1. The highest BCUT2D eigenvalue weighted by Gasteiger charge is 2.29. The van der Waals surface area contributed by atoms with Gasteiger partial charge in [0.1, 0.15) is 0 Å². The molecule has 0 fully saturated rings. The van der Waals surface area contributed by atoms with Crippen LogP contribution in [-0.2, 0) is 12.8 Å². The average Bonchev–Trinajstić information content (AvgIpc) is 2.51. The van der Waals surface area contributed by atoms with E-state index in [1.165, 1.54) is 11.1 Å². The van der Waals surface area contributed by atoms with Crippen LogP contribution in [0.5, 0.6) is 0 Å². The number of alkyl halides is 1. The molecule has 0 amide bonds. The van der Waals surface area contributed by atoms with Gasteiger partial charge in [0.25, 0.3) is 5.69 Å². The van der Waals surface area contributed by atoms with Crippen LogP contribution in [0, 0.1) is 16.0 Å². The van der Waals surface area contributed by atoms with E-state index in [0.29, 0.717) is 5.92 Å². The minimum absolute atomic E-state index is 0.232. The van der Waals surface area contributed by atoms with E-state index < -0.39 is 0 Å². The van der Waals surface area contributed by atoms with E-state index in [4.69, 9.17) is 0 Å². The first-order valence-electron chi connectivity index (χ1n) is 7.11. The summed E-state index contributed by atoms with van der Waals surface area (Å²) in [5.74, 6) is 0.390. The fourth-order valence-electron chi connectivity index (χ4n) is 3.12. The molecule has 0 saturated carbocycles. The number of rotatable bonds is 3. The van der Waals surface area contributed by atoms with E-state index in [1.54, 1.807) is 12.1 Å². The molecule has 3 nitrogen and oxygen atoms in total. The van der Waals surface area contributed by atoms with E-state index >= 15 is 0 Å². The third-order valence-corrected chi connectivity index (χ3v) is 5.46. The number of para-hydroxylation sites is 1. The first-order valence-corrected chi connectivity index (χ1v) is 8.02. The summed E-state index contributed by atoms with van der Waals surface area (Å²) >= 11 is 3.80. The van der Waals surface area contributed by atoms with Crippen LogP contribution in [0.15, 0.2) is 48.5 Å². The van der Waals surface area contributed by atoms with Crippen molar-refractivity contribution in [3.05, 3.63) is 75.3 Å². The van der Waals surface area contributed by atoms with Crippen molar-refractivity contribution >= 4 is 21.6 Å². The standard InChI is InChI=1S/C17H16BrNO2/c18-17-14(10-9-12-5-1-3-7-15(12)17)11-13-6-2-4-8-16(13)19(20)21/h1-8,14,17H,9-11H2. The van der Waals surface area contributed by atoms with Crippen molar-refractivity contribution in [3.63, 3.8) is 0 Å². The third kappa shape index (κ3) is 2.86. The Bertz CT molecular complexity index is 671. The van der Waals surface area contributed by atoms with Crippen molar-refractivity contribution in [1.82, 2.24) is 0 Å². The van der Waals surface area contributed by atoms with E-state index in [-0.39, 0.29) is 15.4 Å². The smallest absolute Gasteiger partial charge is 0.258 e. The van der Waals surface area contributed by atoms with Crippen LogP contribution >= 0.6 is 15.9 Å². The Kier molecular flexibility index (Phi) is 4.06. The summed E-state index contributed by atoms with van der Waals surface area (Å²) in [5.41, 5.74) is 3.78. The Labute approximate surface area is 132 Å². The summed E-state index contributed by atoms with van der Waals surface area (Å²) < 4.78 is 0. The van der Waals surface area contributed by atoms with E-state index in [0.717, 1.165) is 24.8 Å². The zero-order chi connectivity index (χ0) is 14.8. The second kappa shape index (κ2) is 5.98. The van der Waals surface area contributed by atoms with Crippen LogP contribution in [0.3, 0.4) is 0 Å². The molecule has 2 aromatic rings. The van der Waals surface area contributed by atoms with Gasteiger partial charge in [0, 0.05) is 16.5 Å². The lowest BCUT2D eigenvalue weighted by Crippen LogP contribution is -2.19. The Morgan fingerprint density at radius 3 is 2.67 bits per heavy atom. The summed E-state index contributed by atoms with van der Waals surface area (Å²) in [6.45, 7) is 0. The topological polar surface area (TPSA) is 43.1 Å². The van der Waals surface area contributed by atoms with Gasteiger partial charge >= 0.3 is 0 Å². The molecule has 0 aliphatic heterocycles. The van der Waals surface area contributed by atoms with Gasteiger partial charge < -0.3 is 0 Å². The normalized spacial score (nSPS) is 20.8. The van der Waals surface area contributed by atoms with Crippen molar-refractivity contribution in [2.75, 3.05) is 0 Å². The minimum Gasteiger partial charge on any atom is -0.258 e. The Hall–Kier alpha value is -1.68. The van der Waals surface area contributed by atoms with Gasteiger partial charge in [-0.3, -0.25) is 10.1 Å². The van der Waals surface area contributed by atoms with Gasteiger partial charge in [0.2, 0.25) is 0 Å². The summed E-state index contributed by atoms with van der Waals surface area (Å²) in [7, 11) is 0. The van der Waals surface area contributed by atoms with Crippen LogP contribution in [0.4, 0.5) is 5.69 Å². The maximum atomic E-state index is 11.1. The molecule has 0 N–H and O–H groups in total. The van der Waals surface area contributed by atoms with Gasteiger partial charge in [-0.1, -0.05) is 58.4 Å². The second-order valence-corrected chi connectivity index (χ2v) is 6.48. The Morgan fingerprint density at radius 2 is 1.86 bits per heavy atom. The fourth-order valence-corrected chi connectivity index (χ4v) is 4.02. The first kappa shape index (κ1) is 14.3. The monoisotopic (exact) mass is 345 g/mol. The molecule has 0 spiro atoms. The number of nitro benzene ring substituents is 1. The van der Waals surface area contributed by atoms with Gasteiger partial charge in [-0.05, 0) is 36.3 Å². The molecule has 1 aliphatic carbocycles. The lowest BCUT2D eigenvalue weighted by atomic mass is 9.80. The molecule has 0 heterocycles. The zero-order valence-corrected chi connectivity index (χ0v) is 13.1. The zero-order valence-electron chi connectivity index (χ0n) is 11.5. The molecule has 108 valence electrons. The highest BCUT2D eigenvalue weighted by Crippen LogP contribution is 2.42. The molecule has 1 aliphatic rings. The van der Waals surface area contributed by atoms with Crippen molar-refractivity contribution < 1.29 is 4.92 Å². The van der Waals surface area contributed by atoms with Gasteiger partial charge in [-0.15, -0.1) is 0 Å². The van der Waals surface area contributed by atoms with E-state index in [2.05, 4.69) is 40.2 Å². The summed E-state index contributed by atoms with van der Waals surface area (Å²) in [6.07, 6.45) is 2.84. The minimum atomic E-state index is -0.282. The molecule has 4 heteroatoms. The highest BCUT2D eigenvalue weighted by molar-refractivity contribution is 9.09. The molecule has 2 atom stereocenters. The van der Waals surface area contributed by atoms with Crippen LogP contribution in [0.25, 0.3) is 0 Å². The number of benzene rings is 2. The number of hydrogen-bond donors (Lipinski definition) is 0. The second-order valence-electron chi connectivity index (χ2n) is 5.49. The molecule has 0 bridgehead atoms. The molecule has 0 radical (unpaired) electrons. The van der Waals surface area contributed by atoms with Crippen molar-refractivity contribution in [2.45, 2.75) is 24.1 Å². The van der Waals surface area contributed by atoms with Gasteiger partial charge in [0.15, 0.2) is 0 Å². The fraction of sp³-hybridized carbons (Fsp3) is 0.294. The van der Waals surface area contributed by atoms with Crippen LogP contribution < -0.4 is 0 Å². The first-order chi connectivity index (χ1) is 10.2. The molecule has 2 aromatic carbocycles. The largest absolute Gasteiger partial charge is 0.272 e. The summed E-state index contributed by atoms with van der Waals surface area (Å²) in [4.78, 5) is 11.1. The Balaban J connectivity index is 1.86. The maximum absolute atomic E-state index is 11.1. The highest BCUT2D eigenvalue weighted by atomic mass is 79.9. The predicted molar refractivity (Wildman–Crippen MR) is 86.7 cm³/mol. The molecule has 0 saturated heterocycles. The summed E-state index contributed by atoms with van der Waals surface area (Å²) in [6, 6.07) is 15.5. The molecular formula is C17H16BrNO2. The average molecular weight is 346 g/mol. The van der Waals surface area contributed by atoms with Crippen LogP contribution in [0.1, 0.15) is 27.9 Å². The number of nitro groups is 1. The number of halogens is 1. The van der Waals surface area contributed by atoms with Crippen molar-refractivity contribution in [3.8, 4) is 0 Å². The number of fused-ring (bicyclic) bond motifs is 1. The SMILES string of the molecule is O=[N+]([O-])c1ccccc1CC1CCc2ccccc2C1Br. The lowest BCUT2D eigenvalue weighted by Gasteiger charge is -2.30. The quantitative estimate of drug-likeness (QED) is 0.454.